The summed E-state index contributed by atoms with van der Waals surface area (Å²) in [5, 5.41) is 9.40. The minimum atomic E-state index is -0.905. The summed E-state index contributed by atoms with van der Waals surface area (Å²) in [5.41, 5.74) is 5.28. The van der Waals surface area contributed by atoms with E-state index in [4.69, 9.17) is 0 Å². The Morgan fingerprint density at radius 2 is 2.07 bits per heavy atom. The van der Waals surface area contributed by atoms with Crippen LogP contribution in [0.3, 0.4) is 0 Å². The van der Waals surface area contributed by atoms with Crippen LogP contribution in [0.15, 0.2) is 60.9 Å². The van der Waals surface area contributed by atoms with Crippen LogP contribution in [0, 0.1) is 5.82 Å². The topological polar surface area (TPSA) is 53.4 Å². The van der Waals surface area contributed by atoms with Gasteiger partial charge in [0.15, 0.2) is 0 Å². The smallest absolute Gasteiger partial charge is 0.336 e. The number of aromatic carboxylic acids is 1. The zero-order valence-corrected chi connectivity index (χ0v) is 17.0. The first-order chi connectivity index (χ1) is 14.5. The van der Waals surface area contributed by atoms with E-state index in [1.54, 1.807) is 24.4 Å². The van der Waals surface area contributed by atoms with Crippen LogP contribution in [0.25, 0.3) is 0 Å². The number of benzene rings is 2. The first kappa shape index (κ1) is 20.1. The van der Waals surface area contributed by atoms with Crippen LogP contribution in [0.2, 0.25) is 0 Å². The average molecular weight is 404 g/mol. The van der Waals surface area contributed by atoms with E-state index in [1.807, 2.05) is 18.0 Å². The second-order valence-corrected chi connectivity index (χ2v) is 7.86. The van der Waals surface area contributed by atoms with Crippen molar-refractivity contribution in [2.75, 3.05) is 11.9 Å². The van der Waals surface area contributed by atoms with Gasteiger partial charge in [-0.3, -0.25) is 4.98 Å². The van der Waals surface area contributed by atoms with Gasteiger partial charge in [-0.2, -0.15) is 0 Å². The van der Waals surface area contributed by atoms with Crippen molar-refractivity contribution in [1.82, 2.24) is 4.98 Å². The number of aryl methyl sites for hydroxylation is 2. The summed E-state index contributed by atoms with van der Waals surface area (Å²) >= 11 is 0. The van der Waals surface area contributed by atoms with Gasteiger partial charge in [0.2, 0.25) is 0 Å². The Morgan fingerprint density at radius 3 is 2.87 bits per heavy atom. The van der Waals surface area contributed by atoms with Crippen molar-refractivity contribution < 1.29 is 14.3 Å². The number of nitrogens with zero attached hydrogens (tertiary/aromatic N) is 2. The van der Waals surface area contributed by atoms with E-state index in [0.29, 0.717) is 23.6 Å². The van der Waals surface area contributed by atoms with Crippen LogP contribution in [0.4, 0.5) is 15.8 Å². The minimum Gasteiger partial charge on any atom is -0.478 e. The van der Waals surface area contributed by atoms with Gasteiger partial charge in [-0.1, -0.05) is 18.2 Å². The van der Waals surface area contributed by atoms with Gasteiger partial charge in [0.05, 0.1) is 11.3 Å². The molecule has 1 aliphatic carbocycles. The van der Waals surface area contributed by atoms with E-state index in [0.717, 1.165) is 36.9 Å². The van der Waals surface area contributed by atoms with E-state index >= 15 is 0 Å². The number of halogens is 1. The number of fused-ring (bicyclic) bond motifs is 1. The molecule has 0 aliphatic heterocycles. The fraction of sp³-hybridized carbons (Fsp3) is 0.280. The number of para-hydroxylation sites is 1. The average Bonchev–Trinajstić information content (AvgIpc) is 2.77. The number of pyridine rings is 1. The van der Waals surface area contributed by atoms with Crippen molar-refractivity contribution >= 4 is 17.3 Å². The zero-order chi connectivity index (χ0) is 21.1. The van der Waals surface area contributed by atoms with Crippen LogP contribution in [0.1, 0.15) is 52.2 Å². The molecule has 0 bridgehead atoms. The van der Waals surface area contributed by atoms with Gasteiger partial charge in [-0.05, 0) is 85.0 Å². The molecule has 1 heterocycles. The maximum atomic E-state index is 14.2. The largest absolute Gasteiger partial charge is 0.478 e. The highest BCUT2D eigenvalue weighted by Crippen LogP contribution is 2.38. The minimum absolute atomic E-state index is 0.235. The summed E-state index contributed by atoms with van der Waals surface area (Å²) in [6.07, 6.45) is 7.98. The van der Waals surface area contributed by atoms with E-state index in [-0.39, 0.29) is 5.82 Å². The summed E-state index contributed by atoms with van der Waals surface area (Å²) in [4.78, 5) is 17.4. The van der Waals surface area contributed by atoms with Gasteiger partial charge in [0, 0.05) is 25.1 Å². The quantitative estimate of drug-likeness (QED) is 0.569. The Balaban J connectivity index is 1.54. The molecule has 0 amide bonds. The number of carbonyl (C=O) groups is 1. The Morgan fingerprint density at radius 1 is 1.23 bits per heavy atom. The van der Waals surface area contributed by atoms with Crippen LogP contribution < -0.4 is 4.90 Å². The standard InChI is InChI=1S/C25H25FN2O2/c1-28(24-8-3-2-7-23(24)26)20-11-12-21-17(5-4-6-18(21)15-20)9-10-19-16-27-14-13-22(19)25(29)30/h2-3,7-8,11-17H,4-6,9-10H2,1H3,(H,29,30)/t17-/m0/s1. The normalized spacial score (nSPS) is 15.5. The molecule has 4 rings (SSSR count). The third-order valence-electron chi connectivity index (χ3n) is 6.06. The molecule has 3 aromatic rings. The lowest BCUT2D eigenvalue weighted by atomic mass is 9.79. The predicted octanol–water partition coefficient (Wildman–Crippen LogP) is 5.74. The van der Waals surface area contributed by atoms with Crippen molar-refractivity contribution in [1.29, 1.82) is 0 Å². The third-order valence-corrected chi connectivity index (χ3v) is 6.06. The number of carboxylic acid groups (broad SMARTS) is 1. The van der Waals surface area contributed by atoms with E-state index in [1.165, 1.54) is 23.4 Å². The van der Waals surface area contributed by atoms with Crippen molar-refractivity contribution in [3.63, 3.8) is 0 Å². The Hall–Kier alpha value is -3.21. The number of rotatable bonds is 6. The van der Waals surface area contributed by atoms with Gasteiger partial charge in [0.25, 0.3) is 0 Å². The molecule has 0 unspecified atom stereocenters. The molecule has 1 aliphatic rings. The van der Waals surface area contributed by atoms with Crippen LogP contribution in [-0.2, 0) is 12.8 Å². The number of hydrogen-bond acceptors (Lipinski definition) is 3. The van der Waals surface area contributed by atoms with E-state index in [9.17, 15) is 14.3 Å². The number of anilines is 2. The van der Waals surface area contributed by atoms with Gasteiger partial charge in [0.1, 0.15) is 5.82 Å². The molecule has 0 spiro atoms. The lowest BCUT2D eigenvalue weighted by molar-refractivity contribution is 0.0695. The van der Waals surface area contributed by atoms with Crippen LogP contribution in [-0.4, -0.2) is 23.1 Å². The van der Waals surface area contributed by atoms with E-state index in [2.05, 4.69) is 23.2 Å². The molecular formula is C25H25FN2O2. The second-order valence-electron chi connectivity index (χ2n) is 7.86. The lowest BCUT2D eigenvalue weighted by Crippen LogP contribution is -2.15. The van der Waals surface area contributed by atoms with Crippen molar-refractivity contribution in [3.05, 3.63) is 89.0 Å². The molecule has 30 heavy (non-hydrogen) atoms. The van der Waals surface area contributed by atoms with Gasteiger partial charge >= 0.3 is 5.97 Å². The summed E-state index contributed by atoms with van der Waals surface area (Å²) in [6.45, 7) is 0. The lowest BCUT2D eigenvalue weighted by Gasteiger charge is -2.28. The number of carboxylic acids is 1. The summed E-state index contributed by atoms with van der Waals surface area (Å²) in [7, 11) is 1.89. The summed E-state index contributed by atoms with van der Waals surface area (Å²) in [6, 6.07) is 14.7. The first-order valence-corrected chi connectivity index (χ1v) is 10.3. The van der Waals surface area contributed by atoms with E-state index < -0.39 is 5.97 Å². The van der Waals surface area contributed by atoms with Crippen molar-refractivity contribution in [3.8, 4) is 0 Å². The molecule has 1 aromatic heterocycles. The monoisotopic (exact) mass is 404 g/mol. The number of aromatic nitrogens is 1. The van der Waals surface area contributed by atoms with Crippen molar-refractivity contribution in [2.45, 2.75) is 38.0 Å². The van der Waals surface area contributed by atoms with Gasteiger partial charge in [-0.25, -0.2) is 9.18 Å². The Labute approximate surface area is 176 Å². The van der Waals surface area contributed by atoms with Gasteiger partial charge in [-0.15, -0.1) is 0 Å². The fourth-order valence-corrected chi connectivity index (χ4v) is 4.44. The van der Waals surface area contributed by atoms with Crippen LogP contribution >= 0.6 is 0 Å². The third kappa shape index (κ3) is 4.06. The molecular weight excluding hydrogens is 379 g/mol. The molecule has 154 valence electrons. The SMILES string of the molecule is CN(c1ccc2c(c1)CCC[C@H]2CCc1cnccc1C(=O)O)c1ccccc1F. The molecule has 0 radical (unpaired) electrons. The molecule has 5 heteroatoms. The fourth-order valence-electron chi connectivity index (χ4n) is 4.44. The molecule has 1 atom stereocenters. The molecule has 4 nitrogen and oxygen atoms in total. The summed E-state index contributed by atoms with van der Waals surface area (Å²) in [5.74, 6) is -0.748. The molecule has 2 aromatic carbocycles. The molecule has 0 saturated heterocycles. The maximum Gasteiger partial charge on any atom is 0.336 e. The molecule has 0 fully saturated rings. The van der Waals surface area contributed by atoms with Gasteiger partial charge < -0.3 is 10.0 Å². The summed E-state index contributed by atoms with van der Waals surface area (Å²) < 4.78 is 14.2. The Kier molecular flexibility index (Phi) is 5.79. The Bertz CT molecular complexity index is 1070. The first-order valence-electron chi connectivity index (χ1n) is 10.3. The molecule has 0 saturated carbocycles. The zero-order valence-electron chi connectivity index (χ0n) is 17.0. The second kappa shape index (κ2) is 8.66. The van der Waals surface area contributed by atoms with Crippen LogP contribution in [0.5, 0.6) is 0 Å². The molecule has 1 N–H and O–H groups in total. The van der Waals surface area contributed by atoms with Crippen molar-refractivity contribution in [2.24, 2.45) is 0 Å². The highest BCUT2D eigenvalue weighted by molar-refractivity contribution is 5.89. The maximum absolute atomic E-state index is 14.2. The number of hydrogen-bond donors (Lipinski definition) is 1. The predicted molar refractivity (Wildman–Crippen MR) is 116 cm³/mol. The highest BCUT2D eigenvalue weighted by atomic mass is 19.1. The highest BCUT2D eigenvalue weighted by Gasteiger charge is 2.22.